The predicted octanol–water partition coefficient (Wildman–Crippen LogP) is 1.89. The summed E-state index contributed by atoms with van der Waals surface area (Å²) in [6, 6.07) is 7.97. The number of hydrogen-bond acceptors (Lipinski definition) is 3. The van der Waals surface area contributed by atoms with Gasteiger partial charge in [-0.25, -0.2) is 0 Å². The molecule has 0 heterocycles. The SMILES string of the molecule is CC(CO)CSCc1ccccc1C#CCO. The van der Waals surface area contributed by atoms with Crippen LogP contribution >= 0.6 is 11.8 Å². The van der Waals surface area contributed by atoms with Crippen molar-refractivity contribution in [2.75, 3.05) is 19.0 Å². The van der Waals surface area contributed by atoms with Crippen molar-refractivity contribution >= 4 is 11.8 Å². The van der Waals surface area contributed by atoms with Gasteiger partial charge in [0.1, 0.15) is 6.61 Å². The van der Waals surface area contributed by atoms with Crippen LogP contribution < -0.4 is 0 Å². The molecule has 3 heteroatoms. The van der Waals surface area contributed by atoms with Gasteiger partial charge in [0.25, 0.3) is 0 Å². The van der Waals surface area contributed by atoms with Crippen LogP contribution in [0.2, 0.25) is 0 Å². The fraction of sp³-hybridized carbons (Fsp3) is 0.429. The smallest absolute Gasteiger partial charge is 0.104 e. The highest BCUT2D eigenvalue weighted by Crippen LogP contribution is 2.18. The fourth-order valence-corrected chi connectivity index (χ4v) is 2.42. The van der Waals surface area contributed by atoms with Crippen molar-refractivity contribution in [2.45, 2.75) is 12.7 Å². The lowest BCUT2D eigenvalue weighted by atomic mass is 10.1. The van der Waals surface area contributed by atoms with E-state index < -0.39 is 0 Å². The maximum Gasteiger partial charge on any atom is 0.104 e. The number of hydrogen-bond donors (Lipinski definition) is 2. The summed E-state index contributed by atoms with van der Waals surface area (Å²) in [5, 5.41) is 17.6. The molecule has 0 saturated carbocycles. The zero-order valence-corrected chi connectivity index (χ0v) is 10.8. The molecule has 17 heavy (non-hydrogen) atoms. The lowest BCUT2D eigenvalue weighted by Crippen LogP contribution is -2.03. The van der Waals surface area contributed by atoms with Crippen molar-refractivity contribution in [1.82, 2.24) is 0 Å². The zero-order chi connectivity index (χ0) is 12.5. The van der Waals surface area contributed by atoms with Gasteiger partial charge in [-0.2, -0.15) is 11.8 Å². The number of rotatable bonds is 5. The van der Waals surface area contributed by atoms with E-state index in [2.05, 4.69) is 17.9 Å². The van der Waals surface area contributed by atoms with Crippen molar-refractivity contribution in [3.05, 3.63) is 35.4 Å². The lowest BCUT2D eigenvalue weighted by Gasteiger charge is -2.08. The largest absolute Gasteiger partial charge is 0.396 e. The zero-order valence-electron chi connectivity index (χ0n) is 10.0. The second-order valence-corrected chi connectivity index (χ2v) is 4.95. The normalized spacial score (nSPS) is 11.7. The summed E-state index contributed by atoms with van der Waals surface area (Å²) in [7, 11) is 0. The van der Waals surface area contributed by atoms with Crippen LogP contribution in [0.4, 0.5) is 0 Å². The average Bonchev–Trinajstić information content (AvgIpc) is 2.37. The number of aliphatic hydroxyl groups excluding tert-OH is 2. The second kappa shape index (κ2) is 8.19. The van der Waals surface area contributed by atoms with Crippen LogP contribution in [-0.4, -0.2) is 29.2 Å². The van der Waals surface area contributed by atoms with Gasteiger partial charge in [0.2, 0.25) is 0 Å². The summed E-state index contributed by atoms with van der Waals surface area (Å²) in [5.74, 6) is 7.79. The van der Waals surface area contributed by atoms with E-state index in [9.17, 15) is 0 Å². The van der Waals surface area contributed by atoms with E-state index in [1.807, 2.05) is 25.1 Å². The van der Waals surface area contributed by atoms with Gasteiger partial charge in [0, 0.05) is 17.9 Å². The molecule has 1 unspecified atom stereocenters. The fourth-order valence-electron chi connectivity index (χ4n) is 1.33. The summed E-state index contributed by atoms with van der Waals surface area (Å²) in [6.45, 7) is 2.16. The summed E-state index contributed by atoms with van der Waals surface area (Å²) in [4.78, 5) is 0. The van der Waals surface area contributed by atoms with Crippen molar-refractivity contribution in [3.8, 4) is 11.8 Å². The van der Waals surface area contributed by atoms with Gasteiger partial charge in [-0.1, -0.05) is 37.0 Å². The van der Waals surface area contributed by atoms with E-state index in [1.54, 1.807) is 11.8 Å². The van der Waals surface area contributed by atoms with Crippen LogP contribution in [0.15, 0.2) is 24.3 Å². The molecule has 2 nitrogen and oxygen atoms in total. The van der Waals surface area contributed by atoms with Crippen LogP contribution in [0.1, 0.15) is 18.1 Å². The minimum atomic E-state index is -0.108. The topological polar surface area (TPSA) is 40.5 Å². The maximum atomic E-state index is 8.94. The highest BCUT2D eigenvalue weighted by molar-refractivity contribution is 7.98. The molecule has 2 N–H and O–H groups in total. The average molecular weight is 250 g/mol. The predicted molar refractivity (Wildman–Crippen MR) is 72.8 cm³/mol. The van der Waals surface area contributed by atoms with Crippen LogP contribution in [0.5, 0.6) is 0 Å². The summed E-state index contributed by atoms with van der Waals surface area (Å²) in [6.07, 6.45) is 0. The maximum absolute atomic E-state index is 8.94. The number of benzene rings is 1. The van der Waals surface area contributed by atoms with Gasteiger partial charge in [0.15, 0.2) is 0 Å². The van der Waals surface area contributed by atoms with Crippen LogP contribution in [-0.2, 0) is 5.75 Å². The molecule has 0 amide bonds. The molecule has 0 aliphatic heterocycles. The first-order valence-electron chi connectivity index (χ1n) is 5.64. The molecule has 0 aliphatic carbocycles. The molecule has 1 aromatic rings. The van der Waals surface area contributed by atoms with Gasteiger partial charge >= 0.3 is 0 Å². The molecular formula is C14H18O2S. The summed E-state index contributed by atoms with van der Waals surface area (Å²) in [5.41, 5.74) is 2.16. The van der Waals surface area contributed by atoms with Gasteiger partial charge in [-0.05, 0) is 23.3 Å². The molecule has 1 rings (SSSR count). The number of thioether (sulfide) groups is 1. The van der Waals surface area contributed by atoms with Crippen molar-refractivity contribution in [1.29, 1.82) is 0 Å². The minimum Gasteiger partial charge on any atom is -0.396 e. The number of aliphatic hydroxyl groups is 2. The van der Waals surface area contributed by atoms with E-state index >= 15 is 0 Å². The molecule has 0 aliphatic rings. The first-order chi connectivity index (χ1) is 8.27. The molecule has 0 aromatic heterocycles. The van der Waals surface area contributed by atoms with E-state index in [4.69, 9.17) is 10.2 Å². The Morgan fingerprint density at radius 2 is 2.06 bits per heavy atom. The molecule has 0 saturated heterocycles. The van der Waals surface area contributed by atoms with E-state index in [-0.39, 0.29) is 13.2 Å². The highest BCUT2D eigenvalue weighted by Gasteiger charge is 2.02. The standard InChI is InChI=1S/C14H18O2S/c1-12(9-16)10-17-11-14-6-3-2-5-13(14)7-4-8-15/h2-3,5-6,12,15-16H,8-11H2,1H3. The van der Waals surface area contributed by atoms with Crippen molar-refractivity contribution in [3.63, 3.8) is 0 Å². The van der Waals surface area contributed by atoms with Gasteiger partial charge in [-0.3, -0.25) is 0 Å². The Bertz CT molecular complexity index is 393. The molecule has 0 spiro atoms. The second-order valence-electron chi connectivity index (χ2n) is 3.92. The van der Waals surface area contributed by atoms with Crippen LogP contribution in [0.25, 0.3) is 0 Å². The van der Waals surface area contributed by atoms with E-state index in [1.165, 1.54) is 5.56 Å². The van der Waals surface area contributed by atoms with E-state index in [0.717, 1.165) is 17.1 Å². The molecule has 0 radical (unpaired) electrons. The molecule has 0 bridgehead atoms. The van der Waals surface area contributed by atoms with Gasteiger partial charge < -0.3 is 10.2 Å². The monoisotopic (exact) mass is 250 g/mol. The minimum absolute atomic E-state index is 0.108. The third kappa shape index (κ3) is 5.27. The third-order valence-electron chi connectivity index (χ3n) is 2.29. The van der Waals surface area contributed by atoms with E-state index in [0.29, 0.717) is 5.92 Å². The first kappa shape index (κ1) is 14.1. The Labute approximate surface area is 107 Å². The molecule has 92 valence electrons. The molecule has 1 aromatic carbocycles. The van der Waals surface area contributed by atoms with Gasteiger partial charge in [0.05, 0.1) is 0 Å². The lowest BCUT2D eigenvalue weighted by molar-refractivity contribution is 0.250. The highest BCUT2D eigenvalue weighted by atomic mass is 32.2. The summed E-state index contributed by atoms with van der Waals surface area (Å²) < 4.78 is 0. The van der Waals surface area contributed by atoms with Crippen molar-refractivity contribution < 1.29 is 10.2 Å². The quantitative estimate of drug-likeness (QED) is 0.784. The van der Waals surface area contributed by atoms with Crippen LogP contribution in [0, 0.1) is 17.8 Å². The molecule has 1 atom stereocenters. The van der Waals surface area contributed by atoms with Crippen molar-refractivity contribution in [2.24, 2.45) is 5.92 Å². The summed E-state index contributed by atoms with van der Waals surface area (Å²) >= 11 is 1.80. The van der Waals surface area contributed by atoms with Crippen LogP contribution in [0.3, 0.4) is 0 Å². The molecule has 0 fully saturated rings. The third-order valence-corrected chi connectivity index (χ3v) is 3.61. The Morgan fingerprint density at radius 3 is 2.76 bits per heavy atom. The van der Waals surface area contributed by atoms with Gasteiger partial charge in [-0.15, -0.1) is 0 Å². The Morgan fingerprint density at radius 1 is 1.29 bits per heavy atom. The first-order valence-corrected chi connectivity index (χ1v) is 6.79. The Kier molecular flexibility index (Phi) is 6.80. The Balaban J connectivity index is 2.58. The molecular weight excluding hydrogens is 232 g/mol. The Hall–Kier alpha value is -0.950.